The van der Waals surface area contributed by atoms with E-state index in [1.54, 1.807) is 7.11 Å². The quantitative estimate of drug-likeness (QED) is 0.594. The lowest BCUT2D eigenvalue weighted by Crippen LogP contribution is -2.25. The van der Waals surface area contributed by atoms with Crippen molar-refractivity contribution in [1.29, 1.82) is 0 Å². The Kier molecular flexibility index (Phi) is 2.22. The van der Waals surface area contributed by atoms with Crippen LogP contribution in [0.4, 0.5) is 0 Å². The van der Waals surface area contributed by atoms with E-state index in [2.05, 4.69) is 13.0 Å². The summed E-state index contributed by atoms with van der Waals surface area (Å²) >= 11 is 5.29. The number of hydroxylamine groups is 2. The molecule has 2 atom stereocenters. The molecule has 2 nitrogen and oxygen atoms in total. The van der Waals surface area contributed by atoms with Gasteiger partial charge in [-0.05, 0) is 25.5 Å². The minimum Gasteiger partial charge on any atom is -0.277 e. The topological polar surface area (TPSA) is 12.5 Å². The average molecular weight is 195 g/mol. The molecule has 0 amide bonds. The Bertz CT molecular complexity index is 295. The maximum Gasteiger partial charge on any atom is 0.0639 e. The zero-order valence-corrected chi connectivity index (χ0v) is 8.67. The van der Waals surface area contributed by atoms with Gasteiger partial charge in [-0.2, -0.15) is 0 Å². The second-order valence-electron chi connectivity index (χ2n) is 3.50. The third kappa shape index (κ3) is 1.32. The molecule has 0 spiro atoms. The zero-order valence-electron chi connectivity index (χ0n) is 7.86. The third-order valence-electron chi connectivity index (χ3n) is 2.66. The van der Waals surface area contributed by atoms with Crippen molar-refractivity contribution >= 4 is 17.1 Å². The van der Waals surface area contributed by atoms with Gasteiger partial charge < -0.3 is 0 Å². The first-order valence-electron chi connectivity index (χ1n) is 4.49. The number of thiocarbonyl (C=S) groups is 1. The highest BCUT2D eigenvalue weighted by atomic mass is 32.1. The van der Waals surface area contributed by atoms with Gasteiger partial charge in [-0.3, -0.25) is 9.90 Å². The van der Waals surface area contributed by atoms with Crippen LogP contribution in [0.15, 0.2) is 23.9 Å². The predicted molar refractivity (Wildman–Crippen MR) is 56.2 cm³/mol. The van der Waals surface area contributed by atoms with E-state index < -0.39 is 0 Å². The van der Waals surface area contributed by atoms with Gasteiger partial charge in [0.25, 0.3) is 0 Å². The Morgan fingerprint density at radius 2 is 2.38 bits per heavy atom. The lowest BCUT2D eigenvalue weighted by atomic mass is 9.96. The number of allylic oxidation sites excluding steroid dienone is 4. The summed E-state index contributed by atoms with van der Waals surface area (Å²) in [6, 6.07) is 0.430. The molecular formula is C10H13NOS. The molecule has 1 aliphatic heterocycles. The summed E-state index contributed by atoms with van der Waals surface area (Å²) in [5.74, 6) is 0.398. The Balaban J connectivity index is 2.31. The molecule has 0 radical (unpaired) electrons. The first-order valence-corrected chi connectivity index (χ1v) is 4.90. The van der Waals surface area contributed by atoms with E-state index in [0.29, 0.717) is 12.0 Å². The fourth-order valence-electron chi connectivity index (χ4n) is 2.06. The van der Waals surface area contributed by atoms with E-state index in [9.17, 15) is 0 Å². The lowest BCUT2D eigenvalue weighted by molar-refractivity contribution is -0.113. The monoisotopic (exact) mass is 195 g/mol. The van der Waals surface area contributed by atoms with Gasteiger partial charge in [-0.1, -0.05) is 18.3 Å². The molecule has 0 N–H and O–H groups in total. The molecule has 13 heavy (non-hydrogen) atoms. The minimum absolute atomic E-state index is 0.398. The highest BCUT2D eigenvalue weighted by molar-refractivity contribution is 7.80. The van der Waals surface area contributed by atoms with Crippen LogP contribution in [0.3, 0.4) is 0 Å². The SMILES string of the molecule is CON1C2=CC=CC(=S)C2CC1C. The fourth-order valence-corrected chi connectivity index (χ4v) is 2.36. The number of hydrogen-bond acceptors (Lipinski definition) is 3. The van der Waals surface area contributed by atoms with Crippen molar-refractivity contribution < 1.29 is 4.84 Å². The van der Waals surface area contributed by atoms with Crippen molar-refractivity contribution in [2.75, 3.05) is 7.11 Å². The van der Waals surface area contributed by atoms with Crippen LogP contribution >= 0.6 is 12.2 Å². The van der Waals surface area contributed by atoms with Crippen LogP contribution in [0.2, 0.25) is 0 Å². The fraction of sp³-hybridized carbons (Fsp3) is 0.500. The summed E-state index contributed by atoms with van der Waals surface area (Å²) in [6.45, 7) is 2.16. The van der Waals surface area contributed by atoms with E-state index in [1.807, 2.05) is 17.2 Å². The molecular weight excluding hydrogens is 182 g/mol. The van der Waals surface area contributed by atoms with Crippen LogP contribution in [-0.4, -0.2) is 23.1 Å². The van der Waals surface area contributed by atoms with Gasteiger partial charge in [-0.25, -0.2) is 0 Å². The number of fused-ring (bicyclic) bond motifs is 1. The van der Waals surface area contributed by atoms with Crippen LogP contribution in [0.25, 0.3) is 0 Å². The van der Waals surface area contributed by atoms with Crippen molar-refractivity contribution in [2.24, 2.45) is 5.92 Å². The minimum atomic E-state index is 0.398. The summed E-state index contributed by atoms with van der Waals surface area (Å²) in [5.41, 5.74) is 1.21. The molecule has 0 saturated carbocycles. The zero-order chi connectivity index (χ0) is 9.42. The van der Waals surface area contributed by atoms with Crippen molar-refractivity contribution in [1.82, 2.24) is 5.06 Å². The molecule has 70 valence electrons. The van der Waals surface area contributed by atoms with Crippen LogP contribution in [0.5, 0.6) is 0 Å². The van der Waals surface area contributed by atoms with Crippen molar-refractivity contribution in [3.05, 3.63) is 23.9 Å². The molecule has 1 fully saturated rings. The maximum atomic E-state index is 5.31. The summed E-state index contributed by atoms with van der Waals surface area (Å²) in [7, 11) is 1.71. The summed E-state index contributed by atoms with van der Waals surface area (Å²) in [6.07, 6.45) is 7.17. The van der Waals surface area contributed by atoms with Crippen LogP contribution in [0, 0.1) is 5.92 Å². The molecule has 0 aromatic heterocycles. The molecule has 2 rings (SSSR count). The smallest absolute Gasteiger partial charge is 0.0639 e. The Morgan fingerprint density at radius 1 is 1.62 bits per heavy atom. The largest absolute Gasteiger partial charge is 0.277 e. The summed E-state index contributed by atoms with van der Waals surface area (Å²) in [4.78, 5) is 6.34. The standard InChI is InChI=1S/C10H13NOS/c1-7-6-8-9(11(7)12-2)4-3-5-10(8)13/h3-5,7-8H,6H2,1-2H3. The molecule has 1 heterocycles. The second-order valence-corrected chi connectivity index (χ2v) is 3.97. The molecule has 2 aliphatic rings. The van der Waals surface area contributed by atoms with Gasteiger partial charge in [0.15, 0.2) is 0 Å². The summed E-state index contributed by atoms with van der Waals surface area (Å²) < 4.78 is 0. The maximum absolute atomic E-state index is 5.31. The van der Waals surface area contributed by atoms with Crippen molar-refractivity contribution in [3.63, 3.8) is 0 Å². The van der Waals surface area contributed by atoms with Gasteiger partial charge in [0, 0.05) is 16.5 Å². The Hall–Kier alpha value is -0.670. The molecule has 1 saturated heterocycles. The van der Waals surface area contributed by atoms with Crippen molar-refractivity contribution in [3.8, 4) is 0 Å². The third-order valence-corrected chi connectivity index (χ3v) is 3.08. The average Bonchev–Trinajstić information content (AvgIpc) is 2.43. The van der Waals surface area contributed by atoms with Crippen LogP contribution < -0.4 is 0 Å². The highest BCUT2D eigenvalue weighted by Crippen LogP contribution is 2.36. The van der Waals surface area contributed by atoms with Gasteiger partial charge in [-0.15, -0.1) is 0 Å². The number of hydrogen-bond donors (Lipinski definition) is 0. The van der Waals surface area contributed by atoms with E-state index in [1.165, 1.54) is 5.70 Å². The molecule has 3 heteroatoms. The van der Waals surface area contributed by atoms with Gasteiger partial charge in [0.05, 0.1) is 13.2 Å². The highest BCUT2D eigenvalue weighted by Gasteiger charge is 2.36. The molecule has 0 bridgehead atoms. The normalized spacial score (nSPS) is 32.0. The van der Waals surface area contributed by atoms with Gasteiger partial charge >= 0.3 is 0 Å². The van der Waals surface area contributed by atoms with Gasteiger partial charge in [0.1, 0.15) is 0 Å². The molecule has 0 aromatic rings. The van der Waals surface area contributed by atoms with E-state index in [4.69, 9.17) is 17.1 Å². The van der Waals surface area contributed by atoms with E-state index in [0.717, 1.165) is 11.3 Å². The summed E-state index contributed by atoms with van der Waals surface area (Å²) in [5, 5.41) is 1.96. The lowest BCUT2D eigenvalue weighted by Gasteiger charge is -2.23. The van der Waals surface area contributed by atoms with E-state index in [-0.39, 0.29) is 0 Å². The Labute approximate surface area is 83.8 Å². The predicted octanol–water partition coefficient (Wildman–Crippen LogP) is 2.08. The number of rotatable bonds is 1. The Morgan fingerprint density at radius 3 is 3.08 bits per heavy atom. The van der Waals surface area contributed by atoms with Gasteiger partial charge in [0.2, 0.25) is 0 Å². The second kappa shape index (κ2) is 3.24. The van der Waals surface area contributed by atoms with Crippen molar-refractivity contribution in [2.45, 2.75) is 19.4 Å². The molecule has 0 aromatic carbocycles. The first-order chi connectivity index (χ1) is 6.24. The first kappa shape index (κ1) is 8.91. The molecule has 2 unspecified atom stereocenters. The van der Waals surface area contributed by atoms with Crippen LogP contribution in [0.1, 0.15) is 13.3 Å². The van der Waals surface area contributed by atoms with E-state index >= 15 is 0 Å². The molecule has 1 aliphatic carbocycles. The van der Waals surface area contributed by atoms with Crippen LogP contribution in [-0.2, 0) is 4.84 Å². The number of nitrogens with zero attached hydrogens (tertiary/aromatic N) is 1.